The van der Waals surface area contributed by atoms with Crippen LogP contribution in [0.5, 0.6) is 0 Å². The van der Waals surface area contributed by atoms with Gasteiger partial charge in [-0.1, -0.05) is 17.7 Å². The minimum Gasteiger partial charge on any atom is -0.465 e. The molecule has 0 aromatic heterocycles. The second-order valence-corrected chi connectivity index (χ2v) is 5.18. The van der Waals surface area contributed by atoms with Crippen LogP contribution in [0.1, 0.15) is 31.1 Å². The first-order chi connectivity index (χ1) is 11.4. The van der Waals surface area contributed by atoms with E-state index in [0.717, 1.165) is 0 Å². The molecule has 0 aliphatic carbocycles. The van der Waals surface area contributed by atoms with Crippen molar-refractivity contribution in [2.24, 2.45) is 0 Å². The van der Waals surface area contributed by atoms with Crippen molar-refractivity contribution in [2.75, 3.05) is 19.5 Å². The highest BCUT2D eigenvalue weighted by atomic mass is 35.5. The van der Waals surface area contributed by atoms with Gasteiger partial charge >= 0.3 is 11.9 Å². The molecule has 7 heteroatoms. The molecule has 0 aliphatic rings. The van der Waals surface area contributed by atoms with Crippen LogP contribution in [0.2, 0.25) is 5.02 Å². The number of methoxy groups -OCH3 is 2. The number of carbonyl (C=O) groups is 3. The Morgan fingerprint density at radius 1 is 0.875 bits per heavy atom. The van der Waals surface area contributed by atoms with Gasteiger partial charge in [-0.25, -0.2) is 9.59 Å². The van der Waals surface area contributed by atoms with E-state index in [0.29, 0.717) is 10.6 Å². The first-order valence-electron chi connectivity index (χ1n) is 6.83. The number of hydrogen-bond donors (Lipinski definition) is 1. The van der Waals surface area contributed by atoms with Crippen LogP contribution in [0.15, 0.2) is 42.5 Å². The smallest absolute Gasteiger partial charge is 0.337 e. The van der Waals surface area contributed by atoms with Gasteiger partial charge in [0.15, 0.2) is 0 Å². The molecule has 6 nitrogen and oxygen atoms in total. The number of rotatable bonds is 4. The summed E-state index contributed by atoms with van der Waals surface area (Å²) in [5.74, 6) is -1.71. The number of anilines is 1. The third-order valence-electron chi connectivity index (χ3n) is 3.12. The molecule has 0 unspecified atom stereocenters. The highest BCUT2D eigenvalue weighted by molar-refractivity contribution is 6.31. The zero-order chi connectivity index (χ0) is 17.7. The van der Waals surface area contributed by atoms with Gasteiger partial charge in [-0.05, 0) is 36.4 Å². The molecule has 124 valence electrons. The summed E-state index contributed by atoms with van der Waals surface area (Å²) in [6, 6.07) is 10.5. The van der Waals surface area contributed by atoms with Gasteiger partial charge in [-0.15, -0.1) is 0 Å². The van der Waals surface area contributed by atoms with Crippen LogP contribution in [0.25, 0.3) is 0 Å². The minimum absolute atomic E-state index is 0.113. The third kappa shape index (κ3) is 4.11. The van der Waals surface area contributed by atoms with Gasteiger partial charge in [0.1, 0.15) is 0 Å². The van der Waals surface area contributed by atoms with E-state index < -0.39 is 17.8 Å². The van der Waals surface area contributed by atoms with Gasteiger partial charge < -0.3 is 14.8 Å². The molecule has 0 saturated carbocycles. The number of carbonyl (C=O) groups excluding carboxylic acids is 3. The van der Waals surface area contributed by atoms with Gasteiger partial charge in [-0.2, -0.15) is 0 Å². The monoisotopic (exact) mass is 347 g/mol. The molecule has 0 bridgehead atoms. The normalized spacial score (nSPS) is 9.96. The topological polar surface area (TPSA) is 81.7 Å². The molecule has 0 aliphatic heterocycles. The molecule has 2 aromatic rings. The Morgan fingerprint density at radius 2 is 1.46 bits per heavy atom. The van der Waals surface area contributed by atoms with E-state index in [1.807, 2.05) is 0 Å². The fourth-order valence-corrected chi connectivity index (χ4v) is 2.19. The lowest BCUT2D eigenvalue weighted by Crippen LogP contribution is -2.14. The molecule has 0 radical (unpaired) electrons. The maximum Gasteiger partial charge on any atom is 0.337 e. The summed E-state index contributed by atoms with van der Waals surface area (Å²) in [4.78, 5) is 35.7. The van der Waals surface area contributed by atoms with Crippen molar-refractivity contribution in [1.82, 2.24) is 0 Å². The summed E-state index contributed by atoms with van der Waals surface area (Å²) >= 11 is 5.86. The SMILES string of the molecule is COC(=O)c1cc(NC(=O)c2cccc(Cl)c2)cc(C(=O)OC)c1. The summed E-state index contributed by atoms with van der Waals surface area (Å²) in [5, 5.41) is 3.03. The first-order valence-corrected chi connectivity index (χ1v) is 7.21. The number of esters is 2. The highest BCUT2D eigenvalue weighted by Crippen LogP contribution is 2.19. The Kier molecular flexibility index (Phi) is 5.55. The average Bonchev–Trinajstić information content (AvgIpc) is 2.59. The number of halogens is 1. The fraction of sp³-hybridized carbons (Fsp3) is 0.118. The Balaban J connectivity index is 2.36. The quantitative estimate of drug-likeness (QED) is 0.859. The van der Waals surface area contributed by atoms with Crippen LogP contribution >= 0.6 is 11.6 Å². The molecule has 0 atom stereocenters. The number of ether oxygens (including phenoxy) is 2. The van der Waals surface area contributed by atoms with E-state index in [4.69, 9.17) is 11.6 Å². The van der Waals surface area contributed by atoms with Crippen LogP contribution in [0.3, 0.4) is 0 Å². The van der Waals surface area contributed by atoms with Gasteiger partial charge in [0.05, 0.1) is 25.3 Å². The van der Waals surface area contributed by atoms with Crippen molar-refractivity contribution in [1.29, 1.82) is 0 Å². The molecule has 2 aromatic carbocycles. The highest BCUT2D eigenvalue weighted by Gasteiger charge is 2.15. The third-order valence-corrected chi connectivity index (χ3v) is 3.35. The molecule has 0 saturated heterocycles. The van der Waals surface area contributed by atoms with Crippen molar-refractivity contribution in [3.8, 4) is 0 Å². The van der Waals surface area contributed by atoms with Gasteiger partial charge in [-0.3, -0.25) is 4.79 Å². The first kappa shape index (κ1) is 17.5. The average molecular weight is 348 g/mol. The molecule has 0 heterocycles. The number of hydrogen-bond acceptors (Lipinski definition) is 5. The minimum atomic E-state index is -0.640. The largest absolute Gasteiger partial charge is 0.465 e. The van der Waals surface area contributed by atoms with Gasteiger partial charge in [0.2, 0.25) is 0 Å². The van der Waals surface area contributed by atoms with Gasteiger partial charge in [0, 0.05) is 16.3 Å². The summed E-state index contributed by atoms with van der Waals surface area (Å²) in [7, 11) is 2.44. The van der Waals surface area contributed by atoms with E-state index in [1.165, 1.54) is 38.5 Å². The van der Waals surface area contributed by atoms with Crippen LogP contribution in [-0.4, -0.2) is 32.1 Å². The zero-order valence-corrected chi connectivity index (χ0v) is 13.7. The summed E-state index contributed by atoms with van der Waals surface area (Å²) in [5.41, 5.74) is 0.817. The predicted molar refractivity (Wildman–Crippen MR) is 88.5 cm³/mol. The van der Waals surface area contributed by atoms with Gasteiger partial charge in [0.25, 0.3) is 5.91 Å². The van der Waals surface area contributed by atoms with E-state index in [9.17, 15) is 14.4 Å². The summed E-state index contributed by atoms with van der Waals surface area (Å²) in [6.45, 7) is 0. The standard InChI is InChI=1S/C17H14ClNO5/c1-23-16(21)11-6-12(17(22)24-2)9-14(8-11)19-15(20)10-4-3-5-13(18)7-10/h3-9H,1-2H3,(H,19,20). The molecular weight excluding hydrogens is 334 g/mol. The zero-order valence-electron chi connectivity index (χ0n) is 13.0. The molecule has 2 rings (SSSR count). The maximum absolute atomic E-state index is 12.3. The predicted octanol–water partition coefficient (Wildman–Crippen LogP) is 3.17. The van der Waals surface area contributed by atoms with Crippen molar-refractivity contribution in [3.63, 3.8) is 0 Å². The number of amides is 1. The Morgan fingerprint density at radius 3 is 1.96 bits per heavy atom. The van der Waals surface area contributed by atoms with Crippen molar-refractivity contribution < 1.29 is 23.9 Å². The molecule has 1 N–H and O–H groups in total. The van der Waals surface area contributed by atoms with E-state index in [2.05, 4.69) is 14.8 Å². The fourth-order valence-electron chi connectivity index (χ4n) is 2.00. The van der Waals surface area contributed by atoms with E-state index in [1.54, 1.807) is 18.2 Å². The van der Waals surface area contributed by atoms with Crippen LogP contribution < -0.4 is 5.32 Å². The summed E-state index contributed by atoms with van der Waals surface area (Å²) in [6.07, 6.45) is 0. The lowest BCUT2D eigenvalue weighted by molar-refractivity contribution is 0.0599. The molecule has 0 fully saturated rings. The number of nitrogens with one attached hydrogen (secondary N) is 1. The second kappa shape index (κ2) is 7.61. The van der Waals surface area contributed by atoms with Crippen molar-refractivity contribution in [3.05, 3.63) is 64.2 Å². The molecule has 24 heavy (non-hydrogen) atoms. The lowest BCUT2D eigenvalue weighted by Gasteiger charge is -2.10. The molecule has 1 amide bonds. The van der Waals surface area contributed by atoms with Crippen LogP contribution in [-0.2, 0) is 9.47 Å². The second-order valence-electron chi connectivity index (χ2n) is 4.75. The van der Waals surface area contributed by atoms with E-state index in [-0.39, 0.29) is 16.8 Å². The Bertz CT molecular complexity index is 769. The molecular formula is C17H14ClNO5. The van der Waals surface area contributed by atoms with E-state index >= 15 is 0 Å². The lowest BCUT2D eigenvalue weighted by atomic mass is 10.1. The molecule has 0 spiro atoms. The van der Waals surface area contributed by atoms with Crippen LogP contribution in [0.4, 0.5) is 5.69 Å². The summed E-state index contributed by atoms with van der Waals surface area (Å²) < 4.78 is 9.29. The maximum atomic E-state index is 12.3. The van der Waals surface area contributed by atoms with Crippen molar-refractivity contribution in [2.45, 2.75) is 0 Å². The Labute approximate surface area is 143 Å². The van der Waals surface area contributed by atoms with Crippen LogP contribution in [0, 0.1) is 0 Å². The van der Waals surface area contributed by atoms with Crippen molar-refractivity contribution >= 4 is 35.1 Å². The Hall–Kier alpha value is -2.86. The number of benzene rings is 2.